The van der Waals surface area contributed by atoms with Crippen molar-refractivity contribution in [2.75, 3.05) is 13.6 Å². The quantitative estimate of drug-likeness (QED) is 0.571. The highest BCUT2D eigenvalue weighted by atomic mass is 16.2. The molecule has 0 aliphatic heterocycles. The minimum Gasteiger partial charge on any atom is -0.313 e. The molecule has 0 aromatic heterocycles. The van der Waals surface area contributed by atoms with Crippen LogP contribution in [0.3, 0.4) is 0 Å². The summed E-state index contributed by atoms with van der Waals surface area (Å²) in [6.07, 6.45) is 0.428. The van der Waals surface area contributed by atoms with Crippen molar-refractivity contribution in [3.05, 3.63) is 0 Å². The smallest absolute Gasteiger partial charge is 0.198 e. The van der Waals surface area contributed by atoms with Crippen LogP contribution in [0.1, 0.15) is 26.2 Å². The molecule has 0 bridgehead atoms. The molecule has 0 atom stereocenters. The van der Waals surface area contributed by atoms with E-state index in [4.69, 9.17) is 0 Å². The lowest BCUT2D eigenvalue weighted by Gasteiger charge is -1.98. The summed E-state index contributed by atoms with van der Waals surface area (Å²) in [6, 6.07) is 0. The molecule has 0 unspecified atom stereocenters. The molecule has 0 radical (unpaired) electrons. The van der Waals surface area contributed by atoms with Gasteiger partial charge in [0.1, 0.15) is 5.78 Å². The fourth-order valence-electron chi connectivity index (χ4n) is 0.875. The number of likely N-dealkylation sites (N-methyl/N-ethyl adjacent to an activating group) is 1. The minimum atomic E-state index is -0.438. The van der Waals surface area contributed by atoms with Crippen LogP contribution in [0.5, 0.6) is 0 Å². The molecule has 0 aromatic rings. The van der Waals surface area contributed by atoms with Gasteiger partial charge in [0.2, 0.25) is 0 Å². The molecule has 0 aliphatic rings. The summed E-state index contributed by atoms with van der Waals surface area (Å²) in [6.45, 7) is 1.89. The van der Waals surface area contributed by atoms with Gasteiger partial charge in [0, 0.05) is 19.3 Å². The number of hydrogen-bond donors (Lipinski definition) is 1. The minimum absolute atomic E-state index is 0.0419. The third-order valence-electron chi connectivity index (χ3n) is 1.64. The Labute approximate surface area is 77.7 Å². The van der Waals surface area contributed by atoms with E-state index in [1.165, 1.54) is 0 Å². The largest absolute Gasteiger partial charge is 0.313 e. The molecule has 4 heteroatoms. The van der Waals surface area contributed by atoms with E-state index in [0.29, 0.717) is 0 Å². The topological polar surface area (TPSA) is 63.2 Å². The molecule has 0 heterocycles. The Morgan fingerprint density at radius 1 is 1.08 bits per heavy atom. The van der Waals surface area contributed by atoms with E-state index in [0.717, 1.165) is 0 Å². The molecule has 13 heavy (non-hydrogen) atoms. The maximum Gasteiger partial charge on any atom is 0.198 e. The number of ketones is 3. The fourth-order valence-corrected chi connectivity index (χ4v) is 0.875. The summed E-state index contributed by atoms with van der Waals surface area (Å²) >= 11 is 0. The van der Waals surface area contributed by atoms with Crippen molar-refractivity contribution in [3.63, 3.8) is 0 Å². The van der Waals surface area contributed by atoms with Gasteiger partial charge in [-0.05, 0) is 7.05 Å². The normalized spacial score (nSPS) is 9.69. The molecular weight excluding hydrogens is 170 g/mol. The predicted molar refractivity (Wildman–Crippen MR) is 48.5 cm³/mol. The summed E-state index contributed by atoms with van der Waals surface area (Å²) in [4.78, 5) is 32.7. The molecule has 0 fully saturated rings. The van der Waals surface area contributed by atoms with Gasteiger partial charge in [-0.15, -0.1) is 0 Å². The van der Waals surface area contributed by atoms with Gasteiger partial charge in [0.15, 0.2) is 11.6 Å². The Morgan fingerprint density at radius 3 is 2.15 bits per heavy atom. The summed E-state index contributed by atoms with van der Waals surface area (Å²) in [7, 11) is 1.66. The van der Waals surface area contributed by atoms with Crippen LogP contribution in [0.25, 0.3) is 0 Å². The van der Waals surface area contributed by atoms with E-state index < -0.39 is 11.6 Å². The molecule has 4 nitrogen and oxygen atoms in total. The summed E-state index contributed by atoms with van der Waals surface area (Å²) in [5.41, 5.74) is 0. The lowest BCUT2D eigenvalue weighted by atomic mass is 10.1. The fraction of sp³-hybridized carbons (Fsp3) is 0.667. The zero-order valence-electron chi connectivity index (χ0n) is 8.05. The molecule has 0 rings (SSSR count). The van der Waals surface area contributed by atoms with Crippen LogP contribution >= 0.6 is 0 Å². The van der Waals surface area contributed by atoms with E-state index >= 15 is 0 Å². The second kappa shape index (κ2) is 6.48. The van der Waals surface area contributed by atoms with Crippen LogP contribution in [0.4, 0.5) is 0 Å². The zero-order valence-corrected chi connectivity index (χ0v) is 8.05. The van der Waals surface area contributed by atoms with Crippen molar-refractivity contribution in [1.82, 2.24) is 5.32 Å². The number of hydrogen-bond acceptors (Lipinski definition) is 4. The summed E-state index contributed by atoms with van der Waals surface area (Å²) < 4.78 is 0. The van der Waals surface area contributed by atoms with Crippen LogP contribution in [0.2, 0.25) is 0 Å². The maximum absolute atomic E-state index is 11.0. The van der Waals surface area contributed by atoms with Crippen molar-refractivity contribution in [1.29, 1.82) is 0 Å². The first-order valence-electron chi connectivity index (χ1n) is 4.34. The van der Waals surface area contributed by atoms with Gasteiger partial charge in [-0.25, -0.2) is 0 Å². The van der Waals surface area contributed by atoms with Gasteiger partial charge in [-0.3, -0.25) is 14.4 Å². The molecule has 0 aromatic carbocycles. The van der Waals surface area contributed by atoms with E-state index in [1.807, 2.05) is 0 Å². The van der Waals surface area contributed by atoms with Gasteiger partial charge >= 0.3 is 0 Å². The predicted octanol–water partition coefficient (Wildman–Crippen LogP) is 0.103. The zero-order chi connectivity index (χ0) is 10.3. The highest BCUT2D eigenvalue weighted by molar-refractivity contribution is 6.37. The molecule has 0 spiro atoms. The average Bonchev–Trinajstić information content (AvgIpc) is 2.13. The van der Waals surface area contributed by atoms with Crippen molar-refractivity contribution in [3.8, 4) is 0 Å². The highest BCUT2D eigenvalue weighted by Gasteiger charge is 2.12. The maximum atomic E-state index is 11.0. The van der Waals surface area contributed by atoms with Crippen LogP contribution in [-0.4, -0.2) is 30.9 Å². The summed E-state index contributed by atoms with van der Waals surface area (Å²) in [5, 5.41) is 2.69. The Morgan fingerprint density at radius 2 is 1.69 bits per heavy atom. The van der Waals surface area contributed by atoms with Gasteiger partial charge in [-0.2, -0.15) is 0 Å². The Bertz CT molecular complexity index is 211. The summed E-state index contributed by atoms with van der Waals surface area (Å²) in [5.74, 6) is -0.871. The lowest BCUT2D eigenvalue weighted by molar-refractivity contribution is -0.137. The Hall–Kier alpha value is -1.03. The van der Waals surface area contributed by atoms with Crippen molar-refractivity contribution in [2.24, 2.45) is 0 Å². The second-order valence-corrected chi connectivity index (χ2v) is 2.77. The average molecular weight is 185 g/mol. The number of carbonyl (C=O) groups excluding carboxylic acids is 3. The van der Waals surface area contributed by atoms with Gasteiger partial charge in [0.05, 0.1) is 6.54 Å². The first kappa shape index (κ1) is 12.0. The molecular formula is C9H15NO3. The molecule has 74 valence electrons. The monoisotopic (exact) mass is 185 g/mol. The number of Topliss-reactive ketones (excluding diaryl/α,β-unsaturated/α-hetero) is 3. The number of nitrogens with one attached hydrogen (secondary N) is 1. The molecule has 1 N–H and O–H groups in total. The molecule has 0 saturated carbocycles. The van der Waals surface area contributed by atoms with E-state index in [9.17, 15) is 14.4 Å². The van der Waals surface area contributed by atoms with Crippen molar-refractivity contribution in [2.45, 2.75) is 26.2 Å². The van der Waals surface area contributed by atoms with Gasteiger partial charge in [-0.1, -0.05) is 6.92 Å². The van der Waals surface area contributed by atoms with Crippen LogP contribution < -0.4 is 5.32 Å². The lowest BCUT2D eigenvalue weighted by Crippen LogP contribution is -2.20. The number of rotatable bonds is 7. The second-order valence-electron chi connectivity index (χ2n) is 2.77. The Kier molecular flexibility index (Phi) is 5.97. The molecule has 0 amide bonds. The van der Waals surface area contributed by atoms with E-state index in [-0.39, 0.29) is 31.6 Å². The van der Waals surface area contributed by atoms with E-state index in [1.54, 1.807) is 14.0 Å². The Balaban J connectivity index is 3.70. The van der Waals surface area contributed by atoms with Crippen LogP contribution in [0.15, 0.2) is 0 Å². The van der Waals surface area contributed by atoms with Crippen LogP contribution in [-0.2, 0) is 14.4 Å². The molecule has 0 aliphatic carbocycles. The first-order valence-corrected chi connectivity index (χ1v) is 4.34. The number of carbonyl (C=O) groups is 3. The third kappa shape index (κ3) is 5.25. The first-order chi connectivity index (χ1) is 6.11. The SMILES string of the molecule is CCC(=O)C(=O)CCC(=O)CNC. The highest BCUT2D eigenvalue weighted by Crippen LogP contribution is 1.95. The third-order valence-corrected chi connectivity index (χ3v) is 1.64. The van der Waals surface area contributed by atoms with Crippen LogP contribution in [0, 0.1) is 0 Å². The van der Waals surface area contributed by atoms with Gasteiger partial charge in [0.25, 0.3) is 0 Å². The standard InChI is InChI=1S/C9H15NO3/c1-3-8(12)9(13)5-4-7(11)6-10-2/h10H,3-6H2,1-2H3. The van der Waals surface area contributed by atoms with Crippen molar-refractivity contribution < 1.29 is 14.4 Å². The van der Waals surface area contributed by atoms with Gasteiger partial charge < -0.3 is 5.32 Å². The molecule has 0 saturated heterocycles. The van der Waals surface area contributed by atoms with Crippen molar-refractivity contribution >= 4 is 17.3 Å². The van der Waals surface area contributed by atoms with E-state index in [2.05, 4.69) is 5.32 Å².